The summed E-state index contributed by atoms with van der Waals surface area (Å²) in [5, 5.41) is 2.80. The van der Waals surface area contributed by atoms with E-state index in [1.165, 1.54) is 6.07 Å². The number of carbonyl (C=O) groups is 2. The van der Waals surface area contributed by atoms with Gasteiger partial charge in [0.25, 0.3) is 0 Å². The van der Waals surface area contributed by atoms with E-state index in [0.29, 0.717) is 31.5 Å². The Labute approximate surface area is 137 Å². The lowest BCUT2D eigenvalue weighted by atomic mass is 9.90. The number of rotatable bonds is 3. The molecule has 0 atom stereocenters. The zero-order chi connectivity index (χ0) is 17.0. The van der Waals surface area contributed by atoms with Crippen LogP contribution in [0.5, 0.6) is 0 Å². The fourth-order valence-electron chi connectivity index (χ4n) is 2.79. The summed E-state index contributed by atoms with van der Waals surface area (Å²) in [5.74, 6) is -0.344. The molecular weight excluding hydrogens is 295 g/mol. The summed E-state index contributed by atoms with van der Waals surface area (Å²) in [4.78, 5) is 26.3. The van der Waals surface area contributed by atoms with Crippen LogP contribution in [0.3, 0.4) is 0 Å². The second-order valence-corrected chi connectivity index (χ2v) is 7.13. The van der Waals surface area contributed by atoms with Gasteiger partial charge in [-0.1, -0.05) is 39.0 Å². The highest BCUT2D eigenvalue weighted by atomic mass is 19.1. The first-order valence-corrected chi connectivity index (χ1v) is 8.09. The third kappa shape index (κ3) is 4.53. The first-order valence-electron chi connectivity index (χ1n) is 8.09. The minimum atomic E-state index is -0.389. The van der Waals surface area contributed by atoms with Crippen LogP contribution < -0.4 is 5.32 Å². The number of carbonyl (C=O) groups excluding carboxylic acids is 2. The van der Waals surface area contributed by atoms with E-state index < -0.39 is 0 Å². The Balaban J connectivity index is 1.82. The molecule has 4 nitrogen and oxygen atoms in total. The standard InChI is InChI=1S/C18H25FN2O2/c1-18(2,3)17(23)21-10-8-13(9-11-21)16(22)20-12-14-6-4-5-7-15(14)19/h4-7,13H,8-12H2,1-3H3,(H,20,22). The predicted octanol–water partition coefficient (Wildman–Crippen LogP) is 2.73. The average molecular weight is 320 g/mol. The normalized spacial score (nSPS) is 16.3. The van der Waals surface area contributed by atoms with Gasteiger partial charge in [0.2, 0.25) is 11.8 Å². The number of nitrogens with one attached hydrogen (secondary N) is 1. The Bertz CT molecular complexity index is 573. The van der Waals surface area contributed by atoms with Crippen molar-refractivity contribution < 1.29 is 14.0 Å². The number of likely N-dealkylation sites (tertiary alicyclic amines) is 1. The van der Waals surface area contributed by atoms with Crippen LogP contribution in [0.2, 0.25) is 0 Å². The zero-order valence-corrected chi connectivity index (χ0v) is 14.1. The lowest BCUT2D eigenvalue weighted by Crippen LogP contribution is -2.46. The molecule has 1 saturated heterocycles. The lowest BCUT2D eigenvalue weighted by molar-refractivity contribution is -0.142. The van der Waals surface area contributed by atoms with Crippen LogP contribution in [0.15, 0.2) is 24.3 Å². The number of piperidine rings is 1. The Morgan fingerprint density at radius 3 is 2.39 bits per heavy atom. The summed E-state index contributed by atoms with van der Waals surface area (Å²) >= 11 is 0. The molecule has 0 aromatic heterocycles. The molecule has 0 unspecified atom stereocenters. The molecule has 1 N–H and O–H groups in total. The number of hydrogen-bond donors (Lipinski definition) is 1. The molecule has 0 bridgehead atoms. The van der Waals surface area contributed by atoms with Crippen LogP contribution in [0, 0.1) is 17.2 Å². The van der Waals surface area contributed by atoms with Crippen LogP contribution in [0.1, 0.15) is 39.2 Å². The summed E-state index contributed by atoms with van der Waals surface area (Å²) in [7, 11) is 0. The van der Waals surface area contributed by atoms with E-state index in [1.54, 1.807) is 18.2 Å². The van der Waals surface area contributed by atoms with E-state index in [-0.39, 0.29) is 35.5 Å². The van der Waals surface area contributed by atoms with E-state index in [4.69, 9.17) is 0 Å². The summed E-state index contributed by atoms with van der Waals surface area (Å²) in [5.41, 5.74) is 0.0983. The largest absolute Gasteiger partial charge is 0.352 e. The Morgan fingerprint density at radius 1 is 1.22 bits per heavy atom. The average Bonchev–Trinajstić information content (AvgIpc) is 2.52. The van der Waals surface area contributed by atoms with Crippen molar-refractivity contribution in [2.45, 2.75) is 40.2 Å². The van der Waals surface area contributed by atoms with Crippen molar-refractivity contribution in [2.24, 2.45) is 11.3 Å². The van der Waals surface area contributed by atoms with E-state index >= 15 is 0 Å². The van der Waals surface area contributed by atoms with Gasteiger partial charge in [0, 0.05) is 36.5 Å². The van der Waals surface area contributed by atoms with Crippen molar-refractivity contribution >= 4 is 11.8 Å². The van der Waals surface area contributed by atoms with Crippen molar-refractivity contribution in [1.29, 1.82) is 0 Å². The first kappa shape index (κ1) is 17.4. The second-order valence-electron chi connectivity index (χ2n) is 7.13. The topological polar surface area (TPSA) is 49.4 Å². The molecule has 126 valence electrons. The third-order valence-corrected chi connectivity index (χ3v) is 4.21. The third-order valence-electron chi connectivity index (χ3n) is 4.21. The molecule has 0 aliphatic carbocycles. The van der Waals surface area contributed by atoms with Crippen LogP contribution in [-0.2, 0) is 16.1 Å². The van der Waals surface area contributed by atoms with Crippen LogP contribution >= 0.6 is 0 Å². The van der Waals surface area contributed by atoms with Gasteiger partial charge in [0.1, 0.15) is 5.82 Å². The molecule has 1 aliphatic rings. The van der Waals surface area contributed by atoms with E-state index in [1.807, 2.05) is 25.7 Å². The summed E-state index contributed by atoms with van der Waals surface area (Å²) in [6, 6.07) is 6.43. The zero-order valence-electron chi connectivity index (χ0n) is 14.1. The Kier molecular flexibility index (Phi) is 5.39. The van der Waals surface area contributed by atoms with Crippen molar-refractivity contribution in [1.82, 2.24) is 10.2 Å². The SMILES string of the molecule is CC(C)(C)C(=O)N1CCC(C(=O)NCc2ccccc2F)CC1. The molecule has 0 radical (unpaired) electrons. The minimum absolute atomic E-state index is 0.0592. The van der Waals surface area contributed by atoms with Gasteiger partial charge >= 0.3 is 0 Å². The smallest absolute Gasteiger partial charge is 0.227 e. The second kappa shape index (κ2) is 7.11. The van der Waals surface area contributed by atoms with E-state index in [9.17, 15) is 14.0 Å². The maximum atomic E-state index is 13.5. The first-order chi connectivity index (χ1) is 10.8. The van der Waals surface area contributed by atoms with E-state index in [0.717, 1.165) is 0 Å². The fourth-order valence-corrected chi connectivity index (χ4v) is 2.79. The van der Waals surface area contributed by atoms with Crippen molar-refractivity contribution in [3.8, 4) is 0 Å². The van der Waals surface area contributed by atoms with Crippen LogP contribution in [0.4, 0.5) is 4.39 Å². The van der Waals surface area contributed by atoms with Gasteiger partial charge in [-0.15, -0.1) is 0 Å². The predicted molar refractivity (Wildman–Crippen MR) is 87.0 cm³/mol. The molecule has 2 rings (SSSR count). The van der Waals surface area contributed by atoms with E-state index in [2.05, 4.69) is 5.32 Å². The van der Waals surface area contributed by atoms with Gasteiger partial charge in [0.15, 0.2) is 0 Å². The van der Waals surface area contributed by atoms with Gasteiger partial charge in [-0.3, -0.25) is 9.59 Å². The molecule has 23 heavy (non-hydrogen) atoms. The number of amides is 2. The molecule has 1 aromatic carbocycles. The summed E-state index contributed by atoms with van der Waals surface area (Å²) < 4.78 is 13.5. The van der Waals surface area contributed by atoms with Crippen molar-refractivity contribution in [3.05, 3.63) is 35.6 Å². The number of halogens is 1. The quantitative estimate of drug-likeness (QED) is 0.931. The molecule has 5 heteroatoms. The highest BCUT2D eigenvalue weighted by molar-refractivity contribution is 5.82. The van der Waals surface area contributed by atoms with Crippen molar-refractivity contribution in [3.63, 3.8) is 0 Å². The van der Waals surface area contributed by atoms with Gasteiger partial charge in [-0.2, -0.15) is 0 Å². The van der Waals surface area contributed by atoms with Gasteiger partial charge in [-0.25, -0.2) is 4.39 Å². The number of hydrogen-bond acceptors (Lipinski definition) is 2. The van der Waals surface area contributed by atoms with Gasteiger partial charge in [-0.05, 0) is 18.9 Å². The molecule has 1 heterocycles. The van der Waals surface area contributed by atoms with Crippen molar-refractivity contribution in [2.75, 3.05) is 13.1 Å². The summed E-state index contributed by atoms with van der Waals surface area (Å²) in [6.07, 6.45) is 1.32. The fraction of sp³-hybridized carbons (Fsp3) is 0.556. The molecule has 1 aliphatic heterocycles. The maximum Gasteiger partial charge on any atom is 0.227 e. The number of benzene rings is 1. The highest BCUT2D eigenvalue weighted by Crippen LogP contribution is 2.23. The van der Waals surface area contributed by atoms with Gasteiger partial charge in [0.05, 0.1) is 0 Å². The Hall–Kier alpha value is -1.91. The maximum absolute atomic E-state index is 13.5. The van der Waals surface area contributed by atoms with Gasteiger partial charge < -0.3 is 10.2 Å². The molecule has 1 aromatic rings. The minimum Gasteiger partial charge on any atom is -0.352 e. The highest BCUT2D eigenvalue weighted by Gasteiger charge is 2.32. The molecule has 2 amide bonds. The number of nitrogens with zero attached hydrogens (tertiary/aromatic N) is 1. The monoisotopic (exact) mass is 320 g/mol. The van der Waals surface area contributed by atoms with Crippen LogP contribution in [-0.4, -0.2) is 29.8 Å². The lowest BCUT2D eigenvalue weighted by Gasteiger charge is -2.35. The molecule has 0 saturated carbocycles. The van der Waals surface area contributed by atoms with Crippen LogP contribution in [0.25, 0.3) is 0 Å². The molecule has 1 fully saturated rings. The molecule has 0 spiro atoms. The summed E-state index contributed by atoms with van der Waals surface area (Å²) in [6.45, 7) is 7.13. The molecular formula is C18H25FN2O2. The Morgan fingerprint density at radius 2 is 1.83 bits per heavy atom.